The Labute approximate surface area is 122 Å². The van der Waals surface area contributed by atoms with E-state index in [0.717, 1.165) is 18.6 Å². The first-order valence-corrected chi connectivity index (χ1v) is 8.04. The van der Waals surface area contributed by atoms with Crippen molar-refractivity contribution in [3.05, 3.63) is 29.8 Å². The minimum absolute atomic E-state index is 0.0272. The molecule has 1 heterocycles. The predicted molar refractivity (Wildman–Crippen MR) is 72.3 cm³/mol. The summed E-state index contributed by atoms with van der Waals surface area (Å²) < 4.78 is 64.3. The lowest BCUT2D eigenvalue weighted by Gasteiger charge is -2.31. The topological polar surface area (TPSA) is 49.4 Å². The van der Waals surface area contributed by atoms with Gasteiger partial charge in [-0.3, -0.25) is 0 Å². The van der Waals surface area contributed by atoms with Crippen molar-refractivity contribution in [1.82, 2.24) is 9.62 Å². The van der Waals surface area contributed by atoms with E-state index in [1.54, 1.807) is 7.05 Å². The minimum atomic E-state index is -4.55. The number of likely N-dealkylation sites (N-methyl/N-ethyl adjacent to an activating group) is 1. The van der Waals surface area contributed by atoms with E-state index in [4.69, 9.17) is 0 Å². The number of rotatable bonds is 3. The highest BCUT2D eigenvalue weighted by molar-refractivity contribution is 7.89. The first-order valence-electron chi connectivity index (χ1n) is 6.60. The third-order valence-electron chi connectivity index (χ3n) is 3.59. The number of alkyl halides is 3. The molecule has 8 heteroatoms. The van der Waals surface area contributed by atoms with Gasteiger partial charge >= 0.3 is 6.18 Å². The van der Waals surface area contributed by atoms with Crippen LogP contribution in [0.2, 0.25) is 0 Å². The Morgan fingerprint density at radius 3 is 2.67 bits per heavy atom. The number of sulfonamides is 1. The van der Waals surface area contributed by atoms with Crippen molar-refractivity contribution in [2.45, 2.75) is 30.0 Å². The Hall–Kier alpha value is -1.12. The maximum atomic E-state index is 12.7. The second-order valence-electron chi connectivity index (χ2n) is 5.02. The van der Waals surface area contributed by atoms with Gasteiger partial charge in [-0.1, -0.05) is 6.07 Å². The first kappa shape index (κ1) is 16.3. The Kier molecular flexibility index (Phi) is 4.60. The molecule has 0 amide bonds. The molecular formula is C13H17F3N2O2S. The van der Waals surface area contributed by atoms with Gasteiger partial charge in [-0.2, -0.15) is 17.5 Å². The Morgan fingerprint density at radius 2 is 2.05 bits per heavy atom. The molecule has 1 fully saturated rings. The van der Waals surface area contributed by atoms with Crippen molar-refractivity contribution in [2.24, 2.45) is 0 Å². The molecule has 0 aromatic heterocycles. The van der Waals surface area contributed by atoms with Crippen molar-refractivity contribution >= 4 is 10.0 Å². The fourth-order valence-electron chi connectivity index (χ4n) is 2.38. The van der Waals surface area contributed by atoms with Crippen LogP contribution in [-0.2, 0) is 16.2 Å². The van der Waals surface area contributed by atoms with Crippen LogP contribution in [0.3, 0.4) is 0 Å². The largest absolute Gasteiger partial charge is 0.416 e. The normalized spacial score (nSPS) is 21.4. The van der Waals surface area contributed by atoms with Crippen molar-refractivity contribution in [2.75, 3.05) is 20.1 Å². The lowest BCUT2D eigenvalue weighted by atomic mass is 10.1. The summed E-state index contributed by atoms with van der Waals surface area (Å²) in [5, 5.41) is 3.01. The minimum Gasteiger partial charge on any atom is -0.316 e. The van der Waals surface area contributed by atoms with Gasteiger partial charge < -0.3 is 5.32 Å². The molecule has 1 aromatic rings. The number of nitrogens with zero attached hydrogens (tertiary/aromatic N) is 1. The molecule has 21 heavy (non-hydrogen) atoms. The van der Waals surface area contributed by atoms with Crippen LogP contribution in [0.4, 0.5) is 13.2 Å². The third-order valence-corrected chi connectivity index (χ3v) is 5.45. The molecule has 1 N–H and O–H groups in total. The first-order chi connectivity index (χ1) is 9.75. The standard InChI is InChI=1S/C13H17F3N2O2S/c1-17-11-5-3-7-18(9-11)21(19,20)12-6-2-4-10(8-12)13(14,15)16/h2,4,6,8,11,17H,3,5,7,9H2,1H3/t11-/m0/s1. The van der Waals surface area contributed by atoms with Gasteiger partial charge in [0.05, 0.1) is 10.5 Å². The van der Waals surface area contributed by atoms with Crippen LogP contribution >= 0.6 is 0 Å². The molecule has 1 aromatic carbocycles. The Bertz CT molecular complexity index is 602. The smallest absolute Gasteiger partial charge is 0.316 e. The molecule has 0 saturated carbocycles. The lowest BCUT2D eigenvalue weighted by molar-refractivity contribution is -0.137. The van der Waals surface area contributed by atoms with Crippen LogP contribution in [0.5, 0.6) is 0 Å². The number of nitrogens with one attached hydrogen (secondary N) is 1. The molecule has 4 nitrogen and oxygen atoms in total. The number of hydrogen-bond donors (Lipinski definition) is 1. The monoisotopic (exact) mass is 322 g/mol. The van der Waals surface area contributed by atoms with Gasteiger partial charge in [0, 0.05) is 19.1 Å². The van der Waals surface area contributed by atoms with Gasteiger partial charge in [-0.15, -0.1) is 0 Å². The van der Waals surface area contributed by atoms with E-state index in [1.807, 2.05) is 0 Å². The van der Waals surface area contributed by atoms with Crippen LogP contribution < -0.4 is 5.32 Å². The van der Waals surface area contributed by atoms with E-state index in [1.165, 1.54) is 10.4 Å². The van der Waals surface area contributed by atoms with Gasteiger partial charge in [0.25, 0.3) is 0 Å². The summed E-state index contributed by atoms with van der Waals surface area (Å²) in [6.45, 7) is 0.603. The maximum absolute atomic E-state index is 12.7. The molecule has 1 aliphatic heterocycles. The number of halogens is 3. The molecule has 0 radical (unpaired) electrons. The van der Waals surface area contributed by atoms with E-state index >= 15 is 0 Å². The van der Waals surface area contributed by atoms with Crippen LogP contribution in [-0.4, -0.2) is 38.9 Å². The second kappa shape index (κ2) is 5.94. The molecule has 118 valence electrons. The van der Waals surface area contributed by atoms with Crippen LogP contribution in [0.15, 0.2) is 29.2 Å². The SMILES string of the molecule is CN[C@H]1CCCN(S(=O)(=O)c2cccc(C(F)(F)F)c2)C1. The third kappa shape index (κ3) is 3.56. The zero-order valence-electron chi connectivity index (χ0n) is 11.5. The van der Waals surface area contributed by atoms with Crippen LogP contribution in [0.25, 0.3) is 0 Å². The van der Waals surface area contributed by atoms with E-state index in [-0.39, 0.29) is 17.5 Å². The molecular weight excluding hydrogens is 305 g/mol. The highest BCUT2D eigenvalue weighted by Crippen LogP contribution is 2.31. The fraction of sp³-hybridized carbons (Fsp3) is 0.538. The summed E-state index contributed by atoms with van der Waals surface area (Å²) in [4.78, 5) is -0.311. The molecule has 0 aliphatic carbocycles. The zero-order chi connectivity index (χ0) is 15.7. The zero-order valence-corrected chi connectivity index (χ0v) is 12.3. The summed E-state index contributed by atoms with van der Waals surface area (Å²) in [5.41, 5.74) is -0.953. The quantitative estimate of drug-likeness (QED) is 0.927. The summed E-state index contributed by atoms with van der Waals surface area (Å²) in [6.07, 6.45) is -3.02. The average Bonchev–Trinajstić information content (AvgIpc) is 2.46. The van der Waals surface area contributed by atoms with E-state index in [0.29, 0.717) is 19.0 Å². The highest BCUT2D eigenvalue weighted by atomic mass is 32.2. The number of benzene rings is 1. The van der Waals surface area contributed by atoms with Crippen LogP contribution in [0, 0.1) is 0 Å². The second-order valence-corrected chi connectivity index (χ2v) is 6.95. The number of hydrogen-bond acceptors (Lipinski definition) is 3. The van der Waals surface area contributed by atoms with Crippen molar-refractivity contribution in [3.8, 4) is 0 Å². The van der Waals surface area contributed by atoms with Crippen molar-refractivity contribution < 1.29 is 21.6 Å². The van der Waals surface area contributed by atoms with Gasteiger partial charge in [0.1, 0.15) is 0 Å². The summed E-state index contributed by atoms with van der Waals surface area (Å²) >= 11 is 0. The van der Waals surface area contributed by atoms with Gasteiger partial charge in [-0.05, 0) is 38.1 Å². The van der Waals surface area contributed by atoms with Crippen molar-refractivity contribution in [3.63, 3.8) is 0 Å². The van der Waals surface area contributed by atoms with E-state index < -0.39 is 21.8 Å². The lowest BCUT2D eigenvalue weighted by Crippen LogP contribution is -2.46. The Balaban J connectivity index is 2.31. The molecule has 2 rings (SSSR count). The average molecular weight is 322 g/mol. The molecule has 0 unspecified atom stereocenters. The van der Waals surface area contributed by atoms with Gasteiger partial charge in [0.15, 0.2) is 0 Å². The maximum Gasteiger partial charge on any atom is 0.416 e. The summed E-state index contributed by atoms with van der Waals surface area (Å²) in [7, 11) is -2.15. The summed E-state index contributed by atoms with van der Waals surface area (Å²) in [5.74, 6) is 0. The molecule has 0 bridgehead atoms. The molecule has 0 spiro atoms. The predicted octanol–water partition coefficient (Wildman–Crippen LogP) is 2.08. The number of piperidine rings is 1. The molecule has 1 saturated heterocycles. The highest BCUT2D eigenvalue weighted by Gasteiger charge is 2.34. The van der Waals surface area contributed by atoms with Crippen molar-refractivity contribution in [1.29, 1.82) is 0 Å². The summed E-state index contributed by atoms with van der Waals surface area (Å²) in [6, 6.07) is 3.91. The van der Waals surface area contributed by atoms with E-state index in [9.17, 15) is 21.6 Å². The Morgan fingerprint density at radius 1 is 1.33 bits per heavy atom. The molecule has 1 aliphatic rings. The van der Waals surface area contributed by atoms with Crippen LogP contribution in [0.1, 0.15) is 18.4 Å². The fourth-order valence-corrected chi connectivity index (χ4v) is 3.95. The molecule has 1 atom stereocenters. The van der Waals surface area contributed by atoms with Gasteiger partial charge in [0.2, 0.25) is 10.0 Å². The van der Waals surface area contributed by atoms with E-state index in [2.05, 4.69) is 5.32 Å². The van der Waals surface area contributed by atoms with Gasteiger partial charge in [-0.25, -0.2) is 8.42 Å².